The lowest BCUT2D eigenvalue weighted by Gasteiger charge is -2.30. The van der Waals surface area contributed by atoms with Gasteiger partial charge in [-0.25, -0.2) is 8.78 Å². The molecule has 4 N–H and O–H groups in total. The van der Waals surface area contributed by atoms with E-state index in [1.165, 1.54) is 0 Å². The Bertz CT molecular complexity index is 1580. The third-order valence-electron chi connectivity index (χ3n) is 7.05. The molecular formula is C27H25F11N6O3. The van der Waals surface area contributed by atoms with Gasteiger partial charge in [0.1, 0.15) is 12.0 Å². The van der Waals surface area contributed by atoms with E-state index >= 15 is 0 Å². The van der Waals surface area contributed by atoms with Gasteiger partial charge in [-0.2, -0.15) is 49.5 Å². The zero-order valence-corrected chi connectivity index (χ0v) is 23.8. The second-order valence-electron chi connectivity index (χ2n) is 10.6. The van der Waals surface area contributed by atoms with Gasteiger partial charge in [-0.15, -0.1) is 0 Å². The van der Waals surface area contributed by atoms with Crippen molar-refractivity contribution in [3.8, 4) is 5.88 Å². The molecule has 0 unspecified atom stereocenters. The molecule has 0 saturated heterocycles. The number of pyridine rings is 1. The molecule has 47 heavy (non-hydrogen) atoms. The van der Waals surface area contributed by atoms with Gasteiger partial charge in [-0.05, 0) is 49.4 Å². The first-order chi connectivity index (χ1) is 21.8. The second kappa shape index (κ2) is 13.8. The Morgan fingerprint density at radius 3 is 2.23 bits per heavy atom. The fourth-order valence-electron chi connectivity index (χ4n) is 4.85. The number of hydrogen-bond donors (Lipinski definition) is 4. The van der Waals surface area contributed by atoms with Crippen LogP contribution in [0.15, 0.2) is 24.3 Å². The van der Waals surface area contributed by atoms with Crippen LogP contribution in [0, 0.1) is 5.92 Å². The Morgan fingerprint density at radius 2 is 1.64 bits per heavy atom. The van der Waals surface area contributed by atoms with Crippen LogP contribution >= 0.6 is 0 Å². The van der Waals surface area contributed by atoms with E-state index in [0.717, 1.165) is 18.2 Å². The number of amides is 2. The molecule has 2 heterocycles. The van der Waals surface area contributed by atoms with Crippen LogP contribution in [0.2, 0.25) is 0 Å². The monoisotopic (exact) mass is 690 g/mol. The minimum Gasteiger partial charge on any atom is -0.471 e. The van der Waals surface area contributed by atoms with Crippen molar-refractivity contribution in [1.82, 2.24) is 25.6 Å². The van der Waals surface area contributed by atoms with Gasteiger partial charge in [-0.3, -0.25) is 9.59 Å². The van der Waals surface area contributed by atoms with Crippen molar-refractivity contribution in [2.45, 2.75) is 69.6 Å². The van der Waals surface area contributed by atoms with Gasteiger partial charge in [0.15, 0.2) is 12.3 Å². The molecule has 1 aliphatic rings. The number of halogens is 11. The Hall–Kier alpha value is -4.39. The van der Waals surface area contributed by atoms with Gasteiger partial charge >= 0.3 is 18.5 Å². The molecule has 9 nitrogen and oxygen atoms in total. The van der Waals surface area contributed by atoms with E-state index in [0.29, 0.717) is 6.07 Å². The predicted octanol–water partition coefficient (Wildman–Crippen LogP) is 6.78. The molecule has 0 bridgehead atoms. The average Bonchev–Trinajstić information content (AvgIpc) is 3.33. The number of aromatic amines is 1. The summed E-state index contributed by atoms with van der Waals surface area (Å²) in [5.74, 6) is -4.86. The van der Waals surface area contributed by atoms with Crippen LogP contribution in [0.4, 0.5) is 59.9 Å². The van der Waals surface area contributed by atoms with E-state index in [4.69, 9.17) is 4.74 Å². The van der Waals surface area contributed by atoms with E-state index in [-0.39, 0.29) is 48.4 Å². The summed E-state index contributed by atoms with van der Waals surface area (Å²) in [6.45, 7) is -1.75. The molecule has 0 radical (unpaired) electrons. The van der Waals surface area contributed by atoms with E-state index in [9.17, 15) is 57.9 Å². The first-order valence-electron chi connectivity index (χ1n) is 13.8. The number of nitrogens with zero attached hydrogens (tertiary/aromatic N) is 2. The fraction of sp³-hybridized carbons (Fsp3) is 0.481. The zero-order valence-electron chi connectivity index (χ0n) is 23.8. The highest BCUT2D eigenvalue weighted by atomic mass is 19.4. The van der Waals surface area contributed by atoms with Crippen molar-refractivity contribution < 1.29 is 62.6 Å². The summed E-state index contributed by atoms with van der Waals surface area (Å²) >= 11 is 0. The molecule has 20 heteroatoms. The first-order valence-corrected chi connectivity index (χ1v) is 13.8. The maximum Gasteiger partial charge on any atom is 0.418 e. The van der Waals surface area contributed by atoms with E-state index in [1.807, 2.05) is 5.32 Å². The SMILES string of the molecule is O=C(CC(F)(F)F)NCc1ccc(C(F)(F)F)c(Nc2nc3nc(OCC(F)F)c(C(=O)NC4CCC(C(F)(F)F)CC4)cc3[nH]2)c1. The number of alkyl halides is 11. The van der Waals surface area contributed by atoms with Crippen molar-refractivity contribution >= 4 is 34.6 Å². The number of fused-ring (bicyclic) bond motifs is 1. The maximum absolute atomic E-state index is 13.7. The highest BCUT2D eigenvalue weighted by Gasteiger charge is 2.42. The second-order valence-corrected chi connectivity index (χ2v) is 10.6. The van der Waals surface area contributed by atoms with Crippen LogP contribution in [-0.2, 0) is 17.5 Å². The number of rotatable bonds is 10. The summed E-state index contributed by atoms with van der Waals surface area (Å²) < 4.78 is 148. The topological polar surface area (TPSA) is 121 Å². The van der Waals surface area contributed by atoms with Crippen molar-refractivity contribution in [2.75, 3.05) is 11.9 Å². The standard InChI is InChI=1S/C27H25F11N6O3/c28-19(29)11-47-23-15(22(46)40-14-4-2-13(3-5-14)26(33,34)35)8-18-21(43-23)44-24(42-18)41-17-7-12(1-6-16(17)27(36,37)38)10-39-20(45)9-25(30,31)32/h1,6-8,13-14,19H,2-5,9-11H2,(H,39,45)(H,40,46)(H2,41,42,43,44). The molecule has 2 amide bonds. The molecule has 1 aromatic carbocycles. The summed E-state index contributed by atoms with van der Waals surface area (Å²) in [5.41, 5.74) is -2.65. The number of imidazole rings is 1. The van der Waals surface area contributed by atoms with Gasteiger partial charge in [0.2, 0.25) is 17.7 Å². The zero-order chi connectivity index (χ0) is 34.7. The molecule has 0 atom stereocenters. The lowest BCUT2D eigenvalue weighted by molar-refractivity contribution is -0.182. The van der Waals surface area contributed by atoms with Crippen molar-refractivity contribution in [3.63, 3.8) is 0 Å². The van der Waals surface area contributed by atoms with Crippen LogP contribution in [0.3, 0.4) is 0 Å². The first kappa shape index (κ1) is 35.5. The number of anilines is 2. The molecule has 0 spiro atoms. The predicted molar refractivity (Wildman–Crippen MR) is 142 cm³/mol. The Balaban J connectivity index is 1.58. The van der Waals surface area contributed by atoms with Crippen LogP contribution in [-0.4, -0.2) is 58.2 Å². The largest absolute Gasteiger partial charge is 0.471 e. The number of benzene rings is 1. The number of carbonyl (C=O) groups is 2. The lowest BCUT2D eigenvalue weighted by atomic mass is 9.85. The molecule has 4 rings (SSSR count). The van der Waals surface area contributed by atoms with E-state index in [1.54, 1.807) is 0 Å². The highest BCUT2D eigenvalue weighted by Crippen LogP contribution is 2.38. The molecule has 1 saturated carbocycles. The third kappa shape index (κ3) is 9.80. The summed E-state index contributed by atoms with van der Waals surface area (Å²) in [6, 6.07) is 2.85. The molecule has 0 aliphatic heterocycles. The van der Waals surface area contributed by atoms with Crippen LogP contribution in [0.5, 0.6) is 5.88 Å². The van der Waals surface area contributed by atoms with Crippen LogP contribution in [0.25, 0.3) is 11.2 Å². The average molecular weight is 691 g/mol. The minimum atomic E-state index is -4.93. The van der Waals surface area contributed by atoms with Gasteiger partial charge in [-0.1, -0.05) is 6.07 Å². The normalized spacial score (nSPS) is 17.5. The minimum absolute atomic E-state index is 0.0104. The molecule has 258 valence electrons. The molecular weight excluding hydrogens is 665 g/mol. The van der Waals surface area contributed by atoms with Gasteiger partial charge < -0.3 is 25.7 Å². The number of ether oxygens (including phenoxy) is 1. The number of aromatic nitrogens is 3. The number of hydrogen-bond acceptors (Lipinski definition) is 6. The fourth-order valence-corrected chi connectivity index (χ4v) is 4.85. The summed E-state index contributed by atoms with van der Waals surface area (Å²) in [5, 5.41) is 6.84. The third-order valence-corrected chi connectivity index (χ3v) is 7.05. The lowest BCUT2D eigenvalue weighted by Crippen LogP contribution is -2.40. The molecule has 3 aromatic rings. The summed E-state index contributed by atoms with van der Waals surface area (Å²) in [4.78, 5) is 35.0. The van der Waals surface area contributed by atoms with Crippen molar-refractivity contribution in [2.24, 2.45) is 5.92 Å². The summed E-state index contributed by atoms with van der Waals surface area (Å²) in [7, 11) is 0. The molecule has 2 aromatic heterocycles. The Morgan fingerprint density at radius 1 is 0.957 bits per heavy atom. The summed E-state index contributed by atoms with van der Waals surface area (Å²) in [6.07, 6.45) is -19.4. The highest BCUT2D eigenvalue weighted by molar-refractivity contribution is 5.99. The number of carbonyl (C=O) groups excluding carboxylic acids is 2. The van der Waals surface area contributed by atoms with E-state index < -0.39 is 91.0 Å². The van der Waals surface area contributed by atoms with Crippen molar-refractivity contribution in [1.29, 1.82) is 0 Å². The van der Waals surface area contributed by atoms with E-state index in [2.05, 4.69) is 25.6 Å². The molecule has 1 aliphatic carbocycles. The van der Waals surface area contributed by atoms with Gasteiger partial charge in [0, 0.05) is 12.6 Å². The van der Waals surface area contributed by atoms with Crippen LogP contribution < -0.4 is 20.7 Å². The number of H-pyrrole nitrogens is 1. The van der Waals surface area contributed by atoms with Crippen LogP contribution in [0.1, 0.15) is 53.6 Å². The van der Waals surface area contributed by atoms with Gasteiger partial charge in [0.05, 0.1) is 22.7 Å². The smallest absolute Gasteiger partial charge is 0.418 e. The quantitative estimate of drug-likeness (QED) is 0.174. The Kier molecular flexibility index (Phi) is 10.4. The Labute approximate surface area is 257 Å². The number of nitrogens with one attached hydrogen (secondary N) is 4. The van der Waals surface area contributed by atoms with Crippen molar-refractivity contribution in [3.05, 3.63) is 41.0 Å². The molecule has 1 fully saturated rings. The van der Waals surface area contributed by atoms with Gasteiger partial charge in [0.25, 0.3) is 12.3 Å². The maximum atomic E-state index is 13.7.